The van der Waals surface area contributed by atoms with Gasteiger partial charge in [0.15, 0.2) is 0 Å². The predicted octanol–water partition coefficient (Wildman–Crippen LogP) is 1.28. The maximum Gasteiger partial charge on any atom is 0.0108 e. The zero-order chi connectivity index (χ0) is 11.4. The van der Waals surface area contributed by atoms with Crippen LogP contribution in [0.15, 0.2) is 0 Å². The van der Waals surface area contributed by atoms with Crippen LogP contribution in [0.1, 0.15) is 38.5 Å². The van der Waals surface area contributed by atoms with Gasteiger partial charge in [0, 0.05) is 25.2 Å². The summed E-state index contributed by atoms with van der Waals surface area (Å²) in [5.41, 5.74) is 5.68. The number of piperidine rings is 1. The van der Waals surface area contributed by atoms with E-state index in [-0.39, 0.29) is 0 Å². The molecule has 2 aliphatic rings. The molecule has 1 saturated heterocycles. The number of likely N-dealkylation sites (tertiary alicyclic amines) is 1. The second-order valence-electron chi connectivity index (χ2n) is 5.47. The van der Waals surface area contributed by atoms with Crippen LogP contribution in [0.5, 0.6) is 0 Å². The molecule has 3 nitrogen and oxygen atoms in total. The van der Waals surface area contributed by atoms with Crippen LogP contribution in [-0.4, -0.2) is 55.1 Å². The fourth-order valence-electron chi connectivity index (χ4n) is 2.91. The van der Waals surface area contributed by atoms with Gasteiger partial charge in [0.25, 0.3) is 0 Å². The van der Waals surface area contributed by atoms with Gasteiger partial charge in [0.2, 0.25) is 0 Å². The van der Waals surface area contributed by atoms with E-state index in [4.69, 9.17) is 5.73 Å². The molecule has 2 N–H and O–H groups in total. The van der Waals surface area contributed by atoms with Crippen LogP contribution in [0, 0.1) is 0 Å². The van der Waals surface area contributed by atoms with Gasteiger partial charge in [-0.1, -0.05) is 6.42 Å². The standard InChI is InChI=1S/C13H27N3/c1-15-9-3-2-4-12(15)7-10-16(11-8-14)13-5-6-13/h12-13H,2-11,14H2,1H3. The molecule has 0 aromatic carbocycles. The minimum Gasteiger partial charge on any atom is -0.329 e. The Morgan fingerprint density at radius 2 is 2.00 bits per heavy atom. The predicted molar refractivity (Wildman–Crippen MR) is 68.5 cm³/mol. The Bertz CT molecular complexity index is 199. The van der Waals surface area contributed by atoms with Gasteiger partial charge in [-0.3, -0.25) is 4.90 Å². The van der Waals surface area contributed by atoms with E-state index < -0.39 is 0 Å². The molecule has 1 aliphatic carbocycles. The minimum atomic E-state index is 0.816. The molecule has 0 aromatic heterocycles. The number of nitrogens with zero attached hydrogens (tertiary/aromatic N) is 2. The molecule has 94 valence electrons. The Balaban J connectivity index is 1.71. The number of hydrogen-bond donors (Lipinski definition) is 1. The first kappa shape index (κ1) is 12.3. The van der Waals surface area contributed by atoms with Gasteiger partial charge in [-0.15, -0.1) is 0 Å². The summed E-state index contributed by atoms with van der Waals surface area (Å²) in [6.07, 6.45) is 8.36. The lowest BCUT2D eigenvalue weighted by Gasteiger charge is -2.34. The van der Waals surface area contributed by atoms with Gasteiger partial charge in [-0.25, -0.2) is 0 Å². The van der Waals surface area contributed by atoms with Crippen molar-refractivity contribution >= 4 is 0 Å². The zero-order valence-electron chi connectivity index (χ0n) is 10.7. The second-order valence-corrected chi connectivity index (χ2v) is 5.47. The fraction of sp³-hybridized carbons (Fsp3) is 1.00. The smallest absolute Gasteiger partial charge is 0.0108 e. The Labute approximate surface area is 100.0 Å². The van der Waals surface area contributed by atoms with Crippen LogP contribution >= 0.6 is 0 Å². The Hall–Kier alpha value is -0.120. The SMILES string of the molecule is CN1CCCCC1CCN(CCN)C1CC1. The lowest BCUT2D eigenvalue weighted by Crippen LogP contribution is -2.40. The maximum absolute atomic E-state index is 5.68. The molecule has 16 heavy (non-hydrogen) atoms. The molecule has 1 saturated carbocycles. The van der Waals surface area contributed by atoms with Gasteiger partial charge in [-0.2, -0.15) is 0 Å². The van der Waals surface area contributed by atoms with Crippen LogP contribution in [0.2, 0.25) is 0 Å². The van der Waals surface area contributed by atoms with Crippen molar-refractivity contribution < 1.29 is 0 Å². The highest BCUT2D eigenvalue weighted by Gasteiger charge is 2.29. The van der Waals surface area contributed by atoms with E-state index in [1.165, 1.54) is 51.6 Å². The lowest BCUT2D eigenvalue weighted by molar-refractivity contribution is 0.152. The number of nitrogens with two attached hydrogens (primary N) is 1. The van der Waals surface area contributed by atoms with Crippen LogP contribution in [0.25, 0.3) is 0 Å². The first-order chi connectivity index (χ1) is 7.81. The highest BCUT2D eigenvalue weighted by atomic mass is 15.2. The maximum atomic E-state index is 5.68. The van der Waals surface area contributed by atoms with Gasteiger partial charge >= 0.3 is 0 Å². The van der Waals surface area contributed by atoms with Crippen LogP contribution in [0.4, 0.5) is 0 Å². The third-order valence-corrected chi connectivity index (χ3v) is 4.15. The van der Waals surface area contributed by atoms with Crippen molar-refractivity contribution in [1.29, 1.82) is 0 Å². The monoisotopic (exact) mass is 225 g/mol. The normalized spacial score (nSPS) is 27.6. The van der Waals surface area contributed by atoms with Gasteiger partial charge in [0.1, 0.15) is 0 Å². The van der Waals surface area contributed by atoms with E-state index in [1.807, 2.05) is 0 Å². The van der Waals surface area contributed by atoms with Crippen molar-refractivity contribution in [3.8, 4) is 0 Å². The highest BCUT2D eigenvalue weighted by molar-refractivity contribution is 4.86. The number of rotatable bonds is 6. The zero-order valence-corrected chi connectivity index (χ0v) is 10.7. The van der Waals surface area contributed by atoms with Gasteiger partial charge in [0.05, 0.1) is 0 Å². The van der Waals surface area contributed by atoms with E-state index in [0.717, 1.165) is 25.2 Å². The van der Waals surface area contributed by atoms with Crippen molar-refractivity contribution in [2.24, 2.45) is 5.73 Å². The Morgan fingerprint density at radius 1 is 1.19 bits per heavy atom. The van der Waals surface area contributed by atoms with Crippen molar-refractivity contribution in [1.82, 2.24) is 9.80 Å². The summed E-state index contributed by atoms with van der Waals surface area (Å²) in [5, 5.41) is 0. The molecule has 0 aromatic rings. The highest BCUT2D eigenvalue weighted by Crippen LogP contribution is 2.27. The summed E-state index contributed by atoms with van der Waals surface area (Å²) < 4.78 is 0. The molecule has 3 heteroatoms. The lowest BCUT2D eigenvalue weighted by atomic mass is 10.00. The van der Waals surface area contributed by atoms with E-state index in [0.29, 0.717) is 0 Å². The van der Waals surface area contributed by atoms with Crippen LogP contribution < -0.4 is 5.73 Å². The first-order valence-corrected chi connectivity index (χ1v) is 6.95. The summed E-state index contributed by atoms with van der Waals surface area (Å²) in [6.45, 7) is 4.47. The molecule has 1 aliphatic heterocycles. The summed E-state index contributed by atoms with van der Waals surface area (Å²) in [5.74, 6) is 0. The van der Waals surface area contributed by atoms with E-state index >= 15 is 0 Å². The molecular formula is C13H27N3. The van der Waals surface area contributed by atoms with Crippen LogP contribution in [-0.2, 0) is 0 Å². The quantitative estimate of drug-likeness (QED) is 0.739. The summed E-state index contributed by atoms with van der Waals surface area (Å²) in [4.78, 5) is 5.17. The molecule has 2 rings (SSSR count). The van der Waals surface area contributed by atoms with Crippen molar-refractivity contribution in [3.05, 3.63) is 0 Å². The first-order valence-electron chi connectivity index (χ1n) is 6.95. The van der Waals surface area contributed by atoms with E-state index in [1.54, 1.807) is 0 Å². The second kappa shape index (κ2) is 5.99. The Kier molecular flexibility index (Phi) is 4.62. The minimum absolute atomic E-state index is 0.816. The summed E-state index contributed by atoms with van der Waals surface area (Å²) in [7, 11) is 2.29. The van der Waals surface area contributed by atoms with Gasteiger partial charge < -0.3 is 10.6 Å². The molecule has 0 spiro atoms. The molecule has 0 bridgehead atoms. The van der Waals surface area contributed by atoms with E-state index in [2.05, 4.69) is 16.8 Å². The topological polar surface area (TPSA) is 32.5 Å². The molecule has 1 atom stereocenters. The molecule has 0 amide bonds. The van der Waals surface area contributed by atoms with Crippen LogP contribution in [0.3, 0.4) is 0 Å². The summed E-state index contributed by atoms with van der Waals surface area (Å²) in [6, 6.07) is 1.70. The molecule has 1 unspecified atom stereocenters. The molecule has 0 radical (unpaired) electrons. The number of hydrogen-bond acceptors (Lipinski definition) is 3. The fourth-order valence-corrected chi connectivity index (χ4v) is 2.91. The Morgan fingerprint density at radius 3 is 2.62 bits per heavy atom. The largest absolute Gasteiger partial charge is 0.329 e. The molecule has 1 heterocycles. The average Bonchev–Trinajstić information content (AvgIpc) is 3.10. The molecular weight excluding hydrogens is 198 g/mol. The average molecular weight is 225 g/mol. The molecule has 2 fully saturated rings. The van der Waals surface area contributed by atoms with Crippen molar-refractivity contribution in [2.45, 2.75) is 50.6 Å². The summed E-state index contributed by atoms with van der Waals surface area (Å²) >= 11 is 0. The van der Waals surface area contributed by atoms with Crippen molar-refractivity contribution in [2.75, 3.05) is 33.2 Å². The van der Waals surface area contributed by atoms with Gasteiger partial charge in [-0.05, 0) is 52.2 Å². The van der Waals surface area contributed by atoms with Crippen molar-refractivity contribution in [3.63, 3.8) is 0 Å². The van der Waals surface area contributed by atoms with E-state index in [9.17, 15) is 0 Å². The third-order valence-electron chi connectivity index (χ3n) is 4.15. The third kappa shape index (κ3) is 3.44.